The van der Waals surface area contributed by atoms with Gasteiger partial charge in [-0.05, 0) is 48.7 Å². The molecule has 0 unspecified atom stereocenters. The van der Waals surface area contributed by atoms with Crippen molar-refractivity contribution in [3.8, 4) is 5.75 Å². The zero-order chi connectivity index (χ0) is 15.4. The second-order valence-corrected chi connectivity index (χ2v) is 6.56. The maximum atomic E-state index is 12.3. The maximum absolute atomic E-state index is 12.3. The molecule has 2 aromatic rings. The molecule has 110 valence electrons. The van der Waals surface area contributed by atoms with E-state index in [0.29, 0.717) is 6.42 Å². The van der Waals surface area contributed by atoms with Crippen molar-refractivity contribution in [2.45, 2.75) is 19.8 Å². The molecule has 0 aliphatic rings. The summed E-state index contributed by atoms with van der Waals surface area (Å²) in [6.07, 6.45) is 1.21. The van der Waals surface area contributed by atoms with Gasteiger partial charge in [0.2, 0.25) is 0 Å². The molecule has 0 saturated heterocycles. The lowest BCUT2D eigenvalue weighted by molar-refractivity contribution is 0.0982. The van der Waals surface area contributed by atoms with Gasteiger partial charge < -0.3 is 4.74 Å². The van der Waals surface area contributed by atoms with E-state index in [1.54, 1.807) is 7.11 Å². The molecule has 0 atom stereocenters. The molecular weight excluding hydrogens is 396 g/mol. The lowest BCUT2D eigenvalue weighted by Gasteiger charge is -2.07. The fraction of sp³-hybridized carbons (Fsp3) is 0.235. The van der Waals surface area contributed by atoms with Crippen molar-refractivity contribution in [1.29, 1.82) is 0 Å². The van der Waals surface area contributed by atoms with E-state index in [1.807, 2.05) is 43.3 Å². The molecule has 0 bridgehead atoms. The average molecular weight is 412 g/mol. The van der Waals surface area contributed by atoms with Gasteiger partial charge in [0.25, 0.3) is 0 Å². The molecule has 0 aliphatic carbocycles. The van der Waals surface area contributed by atoms with Gasteiger partial charge >= 0.3 is 0 Å². The van der Waals surface area contributed by atoms with Crippen molar-refractivity contribution in [1.82, 2.24) is 0 Å². The third-order valence-corrected chi connectivity index (χ3v) is 4.86. The summed E-state index contributed by atoms with van der Waals surface area (Å²) in [4.78, 5) is 12.3. The molecule has 2 nitrogen and oxygen atoms in total. The van der Waals surface area contributed by atoms with Crippen molar-refractivity contribution in [3.63, 3.8) is 0 Å². The number of ketones is 1. The van der Waals surface area contributed by atoms with E-state index in [2.05, 4.69) is 31.9 Å². The van der Waals surface area contributed by atoms with Crippen LogP contribution in [0.1, 0.15) is 27.9 Å². The van der Waals surface area contributed by atoms with Gasteiger partial charge in [-0.2, -0.15) is 0 Å². The van der Waals surface area contributed by atoms with E-state index in [4.69, 9.17) is 4.74 Å². The Morgan fingerprint density at radius 2 is 1.76 bits per heavy atom. The van der Waals surface area contributed by atoms with Gasteiger partial charge in [0.1, 0.15) is 5.75 Å². The summed E-state index contributed by atoms with van der Waals surface area (Å²) >= 11 is 6.94. The largest absolute Gasteiger partial charge is 0.497 e. The van der Waals surface area contributed by atoms with E-state index >= 15 is 0 Å². The van der Waals surface area contributed by atoms with Crippen LogP contribution in [0.5, 0.6) is 5.75 Å². The monoisotopic (exact) mass is 410 g/mol. The normalized spacial score (nSPS) is 10.5. The summed E-state index contributed by atoms with van der Waals surface area (Å²) < 4.78 is 6.93. The molecule has 0 amide bonds. The molecule has 0 aromatic heterocycles. The predicted octanol–water partition coefficient (Wildman–Crippen LogP) is 5.34. The van der Waals surface area contributed by atoms with Crippen LogP contribution in [0.4, 0.5) is 0 Å². The third kappa shape index (κ3) is 4.17. The van der Waals surface area contributed by atoms with E-state index in [0.717, 1.165) is 37.8 Å². The number of aryl methyl sites for hydroxylation is 2. The smallest absolute Gasteiger partial charge is 0.164 e. The van der Waals surface area contributed by atoms with Gasteiger partial charge in [0, 0.05) is 20.9 Å². The molecule has 0 aliphatic heterocycles. The minimum absolute atomic E-state index is 0.137. The van der Waals surface area contributed by atoms with Crippen molar-refractivity contribution in [2.75, 3.05) is 7.11 Å². The lowest BCUT2D eigenvalue weighted by atomic mass is 10.0. The number of hydrogen-bond donors (Lipinski definition) is 0. The van der Waals surface area contributed by atoms with Crippen molar-refractivity contribution >= 4 is 37.6 Å². The first kappa shape index (κ1) is 16.2. The molecule has 0 radical (unpaired) electrons. The Bertz CT molecular complexity index is 649. The first-order valence-electron chi connectivity index (χ1n) is 6.63. The van der Waals surface area contributed by atoms with Crippen LogP contribution in [-0.4, -0.2) is 12.9 Å². The fourth-order valence-electron chi connectivity index (χ4n) is 2.04. The first-order valence-corrected chi connectivity index (χ1v) is 8.21. The predicted molar refractivity (Wildman–Crippen MR) is 92.2 cm³/mol. The number of rotatable bonds is 5. The van der Waals surface area contributed by atoms with E-state index in [1.165, 1.54) is 0 Å². The van der Waals surface area contributed by atoms with E-state index in [-0.39, 0.29) is 5.78 Å². The summed E-state index contributed by atoms with van der Waals surface area (Å²) in [7, 11) is 1.64. The van der Waals surface area contributed by atoms with Gasteiger partial charge in [0.15, 0.2) is 5.78 Å². The number of halogens is 2. The highest BCUT2D eigenvalue weighted by Crippen LogP contribution is 2.27. The highest BCUT2D eigenvalue weighted by atomic mass is 79.9. The van der Waals surface area contributed by atoms with Crippen LogP contribution in [0.15, 0.2) is 45.3 Å². The van der Waals surface area contributed by atoms with Crippen LogP contribution < -0.4 is 4.74 Å². The van der Waals surface area contributed by atoms with Crippen LogP contribution >= 0.6 is 31.9 Å². The van der Waals surface area contributed by atoms with Gasteiger partial charge in [-0.3, -0.25) is 4.79 Å². The second-order valence-electron chi connectivity index (χ2n) is 4.85. The van der Waals surface area contributed by atoms with Crippen molar-refractivity contribution < 1.29 is 9.53 Å². The molecule has 0 saturated carbocycles. The van der Waals surface area contributed by atoms with Gasteiger partial charge in [0.05, 0.1) is 7.11 Å². The molecule has 0 N–H and O–H groups in total. The zero-order valence-corrected chi connectivity index (χ0v) is 15.1. The molecular formula is C17H16Br2O2. The molecule has 4 heteroatoms. The number of methoxy groups -OCH3 is 1. The lowest BCUT2D eigenvalue weighted by Crippen LogP contribution is -2.03. The molecule has 2 rings (SSSR count). The van der Waals surface area contributed by atoms with Crippen molar-refractivity contribution in [2.24, 2.45) is 0 Å². The van der Waals surface area contributed by atoms with Crippen LogP contribution in [0, 0.1) is 6.92 Å². The number of Topliss-reactive ketones (excluding diaryl/α,β-unsaturated/α-hetero) is 1. The summed E-state index contributed by atoms with van der Waals surface area (Å²) in [5.41, 5.74) is 2.96. The van der Waals surface area contributed by atoms with Crippen molar-refractivity contribution in [3.05, 3.63) is 62.0 Å². The highest BCUT2D eigenvalue weighted by Gasteiger charge is 2.12. The van der Waals surface area contributed by atoms with Crippen LogP contribution in [0.2, 0.25) is 0 Å². The van der Waals surface area contributed by atoms with Crippen LogP contribution in [0.25, 0.3) is 0 Å². The van der Waals surface area contributed by atoms with Gasteiger partial charge in [-0.15, -0.1) is 0 Å². The number of ether oxygens (including phenoxy) is 1. The minimum atomic E-state index is 0.137. The molecule has 0 heterocycles. The highest BCUT2D eigenvalue weighted by molar-refractivity contribution is 9.11. The average Bonchev–Trinajstić information content (AvgIpc) is 2.49. The molecule has 2 aromatic carbocycles. The molecule has 0 fully saturated rings. The second kappa shape index (κ2) is 7.23. The minimum Gasteiger partial charge on any atom is -0.497 e. The van der Waals surface area contributed by atoms with Crippen LogP contribution in [0.3, 0.4) is 0 Å². The number of carbonyl (C=O) groups is 1. The Kier molecular flexibility index (Phi) is 5.59. The van der Waals surface area contributed by atoms with E-state index in [9.17, 15) is 4.79 Å². The Morgan fingerprint density at radius 1 is 1.10 bits per heavy atom. The summed E-state index contributed by atoms with van der Waals surface area (Å²) in [6.45, 7) is 2.00. The zero-order valence-electron chi connectivity index (χ0n) is 12.0. The Hall–Kier alpha value is -1.13. The topological polar surface area (TPSA) is 26.3 Å². The summed E-state index contributed by atoms with van der Waals surface area (Å²) in [5, 5.41) is 0. The Morgan fingerprint density at radius 3 is 2.38 bits per heavy atom. The number of benzene rings is 2. The quantitative estimate of drug-likeness (QED) is 0.620. The van der Waals surface area contributed by atoms with Gasteiger partial charge in [-0.1, -0.05) is 44.0 Å². The maximum Gasteiger partial charge on any atom is 0.164 e. The summed E-state index contributed by atoms with van der Waals surface area (Å²) in [6, 6.07) is 11.7. The van der Waals surface area contributed by atoms with Crippen LogP contribution in [-0.2, 0) is 6.42 Å². The van der Waals surface area contributed by atoms with Gasteiger partial charge in [-0.25, -0.2) is 0 Å². The third-order valence-electron chi connectivity index (χ3n) is 3.35. The Balaban J connectivity index is 2.06. The number of carbonyl (C=O) groups excluding carboxylic acids is 1. The molecule has 0 spiro atoms. The Labute approximate surface area is 141 Å². The first-order chi connectivity index (χ1) is 10.0. The number of hydrogen-bond acceptors (Lipinski definition) is 2. The SMILES string of the molecule is COc1ccc(CCC(=O)c2cc(Br)c(C)cc2Br)cc1. The molecule has 21 heavy (non-hydrogen) atoms. The standard InChI is InChI=1S/C17H16Br2O2/c1-11-9-16(19)14(10-15(11)18)17(20)8-5-12-3-6-13(21-2)7-4-12/h3-4,6-7,9-10H,5,8H2,1-2H3. The van der Waals surface area contributed by atoms with E-state index < -0.39 is 0 Å². The fourth-order valence-corrected chi connectivity index (χ4v) is 3.07. The summed E-state index contributed by atoms with van der Waals surface area (Å²) in [5.74, 6) is 0.966.